The standard InChI is InChI=1S/C16H12O5/c1-8-10-6-5-9(17)7-13(10)21-16(20)14(8)11-3-2-4-12(18)15(11)19/h2-7,17-19H,1H3. The summed E-state index contributed by atoms with van der Waals surface area (Å²) in [6, 6.07) is 8.86. The van der Waals surface area contributed by atoms with E-state index < -0.39 is 5.63 Å². The molecule has 0 fully saturated rings. The first kappa shape index (κ1) is 13.1. The van der Waals surface area contributed by atoms with Gasteiger partial charge in [-0.2, -0.15) is 0 Å². The van der Waals surface area contributed by atoms with Crippen molar-refractivity contribution in [3.8, 4) is 28.4 Å². The second-order valence-electron chi connectivity index (χ2n) is 4.74. The lowest BCUT2D eigenvalue weighted by Crippen LogP contribution is -2.06. The van der Waals surface area contributed by atoms with Crippen LogP contribution in [0.4, 0.5) is 0 Å². The lowest BCUT2D eigenvalue weighted by Gasteiger charge is -2.10. The van der Waals surface area contributed by atoms with Crippen LogP contribution in [0.1, 0.15) is 5.56 Å². The first-order valence-electron chi connectivity index (χ1n) is 6.27. The van der Waals surface area contributed by atoms with Crippen molar-refractivity contribution in [3.05, 3.63) is 52.4 Å². The molecule has 0 radical (unpaired) electrons. The Kier molecular flexibility index (Phi) is 2.83. The van der Waals surface area contributed by atoms with Crippen molar-refractivity contribution in [2.75, 3.05) is 0 Å². The van der Waals surface area contributed by atoms with Crippen LogP contribution in [0.15, 0.2) is 45.6 Å². The average Bonchev–Trinajstić information content (AvgIpc) is 2.43. The minimum Gasteiger partial charge on any atom is -0.508 e. The number of phenols is 3. The van der Waals surface area contributed by atoms with Crippen LogP contribution >= 0.6 is 0 Å². The van der Waals surface area contributed by atoms with E-state index in [1.807, 2.05) is 0 Å². The number of hydrogen-bond donors (Lipinski definition) is 3. The molecule has 21 heavy (non-hydrogen) atoms. The number of fused-ring (bicyclic) bond motifs is 1. The molecule has 0 aliphatic heterocycles. The van der Waals surface area contributed by atoms with Gasteiger partial charge in [0.25, 0.3) is 0 Å². The first-order chi connectivity index (χ1) is 9.99. The zero-order valence-corrected chi connectivity index (χ0v) is 11.1. The molecule has 3 aromatic rings. The Hall–Kier alpha value is -2.95. The highest BCUT2D eigenvalue weighted by Crippen LogP contribution is 2.37. The molecule has 0 saturated carbocycles. The Morgan fingerprint density at radius 1 is 1.05 bits per heavy atom. The minimum atomic E-state index is -0.647. The zero-order valence-electron chi connectivity index (χ0n) is 11.1. The van der Waals surface area contributed by atoms with Crippen molar-refractivity contribution in [2.45, 2.75) is 6.92 Å². The largest absolute Gasteiger partial charge is 0.508 e. The molecule has 0 aliphatic carbocycles. The van der Waals surface area contributed by atoms with Crippen LogP contribution in [0.25, 0.3) is 22.1 Å². The lowest BCUT2D eigenvalue weighted by atomic mass is 9.98. The van der Waals surface area contributed by atoms with Crippen molar-refractivity contribution < 1.29 is 19.7 Å². The quantitative estimate of drug-likeness (QED) is 0.472. The highest BCUT2D eigenvalue weighted by Gasteiger charge is 2.18. The fourth-order valence-electron chi connectivity index (χ4n) is 2.39. The number of benzene rings is 2. The summed E-state index contributed by atoms with van der Waals surface area (Å²) in [6.45, 7) is 1.72. The molecule has 1 aromatic heterocycles. The van der Waals surface area contributed by atoms with Crippen LogP contribution < -0.4 is 5.63 Å². The molecule has 0 atom stereocenters. The third-order valence-corrected chi connectivity index (χ3v) is 3.44. The van der Waals surface area contributed by atoms with Crippen molar-refractivity contribution in [3.63, 3.8) is 0 Å². The van der Waals surface area contributed by atoms with E-state index in [1.165, 1.54) is 30.3 Å². The summed E-state index contributed by atoms with van der Waals surface area (Å²) in [5.41, 5.74) is 0.604. The van der Waals surface area contributed by atoms with Gasteiger partial charge in [-0.05, 0) is 30.7 Å². The van der Waals surface area contributed by atoms with Crippen molar-refractivity contribution in [1.82, 2.24) is 0 Å². The predicted octanol–water partition coefficient (Wildman–Crippen LogP) is 2.89. The molecule has 3 N–H and O–H groups in total. The molecule has 0 unspecified atom stereocenters. The van der Waals surface area contributed by atoms with E-state index in [4.69, 9.17) is 4.42 Å². The molecule has 0 amide bonds. The van der Waals surface area contributed by atoms with E-state index in [2.05, 4.69) is 0 Å². The SMILES string of the molecule is Cc1c(-c2cccc(O)c2O)c(=O)oc2cc(O)ccc12. The van der Waals surface area contributed by atoms with Gasteiger partial charge in [-0.25, -0.2) is 4.79 Å². The lowest BCUT2D eigenvalue weighted by molar-refractivity contribution is 0.405. The molecule has 0 aliphatic rings. The molecule has 3 rings (SSSR count). The molecular formula is C16H12O5. The molecule has 1 heterocycles. The molecular weight excluding hydrogens is 272 g/mol. The topological polar surface area (TPSA) is 90.9 Å². The van der Waals surface area contributed by atoms with Gasteiger partial charge in [0.05, 0.1) is 5.56 Å². The van der Waals surface area contributed by atoms with Gasteiger partial charge in [-0.15, -0.1) is 0 Å². The Balaban J connectivity index is 2.41. The second kappa shape index (κ2) is 4.56. The zero-order chi connectivity index (χ0) is 15.1. The fourth-order valence-corrected chi connectivity index (χ4v) is 2.39. The van der Waals surface area contributed by atoms with Crippen LogP contribution in [-0.2, 0) is 0 Å². The molecule has 5 nitrogen and oxygen atoms in total. The number of rotatable bonds is 1. The van der Waals surface area contributed by atoms with E-state index in [0.29, 0.717) is 10.9 Å². The van der Waals surface area contributed by atoms with Gasteiger partial charge in [0.1, 0.15) is 11.3 Å². The van der Waals surface area contributed by atoms with Gasteiger partial charge in [0.2, 0.25) is 0 Å². The number of hydrogen-bond acceptors (Lipinski definition) is 5. The van der Waals surface area contributed by atoms with Crippen LogP contribution in [0.3, 0.4) is 0 Å². The normalized spacial score (nSPS) is 10.9. The van der Waals surface area contributed by atoms with Crippen LogP contribution in [0, 0.1) is 6.92 Å². The second-order valence-corrected chi connectivity index (χ2v) is 4.74. The fraction of sp³-hybridized carbons (Fsp3) is 0.0625. The van der Waals surface area contributed by atoms with E-state index in [-0.39, 0.29) is 34.0 Å². The smallest absolute Gasteiger partial charge is 0.344 e. The summed E-state index contributed by atoms with van der Waals surface area (Å²) in [5.74, 6) is -0.680. The highest BCUT2D eigenvalue weighted by atomic mass is 16.4. The number of para-hydroxylation sites is 1. The predicted molar refractivity (Wildman–Crippen MR) is 77.7 cm³/mol. The Bertz CT molecular complexity index is 908. The molecule has 5 heteroatoms. The van der Waals surface area contributed by atoms with Crippen molar-refractivity contribution in [2.24, 2.45) is 0 Å². The minimum absolute atomic E-state index is 0.00185. The van der Waals surface area contributed by atoms with Gasteiger partial charge in [-0.1, -0.05) is 12.1 Å². The summed E-state index contributed by atoms with van der Waals surface area (Å²) in [6.07, 6.45) is 0. The van der Waals surface area contributed by atoms with Crippen LogP contribution in [-0.4, -0.2) is 15.3 Å². The van der Waals surface area contributed by atoms with E-state index in [9.17, 15) is 20.1 Å². The monoisotopic (exact) mass is 284 g/mol. The molecule has 0 saturated heterocycles. The summed E-state index contributed by atoms with van der Waals surface area (Å²) < 4.78 is 5.20. The van der Waals surface area contributed by atoms with Gasteiger partial charge in [0, 0.05) is 17.0 Å². The van der Waals surface area contributed by atoms with Crippen LogP contribution in [0.2, 0.25) is 0 Å². The maximum absolute atomic E-state index is 12.2. The van der Waals surface area contributed by atoms with E-state index >= 15 is 0 Å². The van der Waals surface area contributed by atoms with E-state index in [0.717, 1.165) is 0 Å². The van der Waals surface area contributed by atoms with Crippen LogP contribution in [0.5, 0.6) is 17.2 Å². The molecule has 2 aromatic carbocycles. The van der Waals surface area contributed by atoms with E-state index in [1.54, 1.807) is 13.0 Å². The maximum Gasteiger partial charge on any atom is 0.344 e. The van der Waals surface area contributed by atoms with Gasteiger partial charge < -0.3 is 19.7 Å². The van der Waals surface area contributed by atoms with Crippen molar-refractivity contribution >= 4 is 11.0 Å². The first-order valence-corrected chi connectivity index (χ1v) is 6.27. The van der Waals surface area contributed by atoms with Gasteiger partial charge >= 0.3 is 5.63 Å². The highest BCUT2D eigenvalue weighted by molar-refractivity contribution is 5.88. The number of aromatic hydroxyl groups is 3. The third kappa shape index (κ3) is 1.99. The summed E-state index contributed by atoms with van der Waals surface area (Å²) in [7, 11) is 0. The van der Waals surface area contributed by atoms with Crippen molar-refractivity contribution in [1.29, 1.82) is 0 Å². The number of aryl methyl sites for hydroxylation is 1. The molecule has 0 spiro atoms. The van der Waals surface area contributed by atoms with Gasteiger partial charge in [0.15, 0.2) is 11.5 Å². The molecule has 0 bridgehead atoms. The Morgan fingerprint density at radius 3 is 2.57 bits per heavy atom. The number of phenolic OH excluding ortho intramolecular Hbond substituents is 3. The summed E-state index contributed by atoms with van der Waals surface area (Å²) in [4.78, 5) is 12.2. The summed E-state index contributed by atoms with van der Waals surface area (Å²) >= 11 is 0. The maximum atomic E-state index is 12.2. The Labute approximate surface area is 119 Å². The van der Waals surface area contributed by atoms with Gasteiger partial charge in [-0.3, -0.25) is 0 Å². The average molecular weight is 284 g/mol. The Morgan fingerprint density at radius 2 is 1.81 bits per heavy atom. The molecule has 106 valence electrons. The summed E-state index contributed by atoms with van der Waals surface area (Å²) in [5, 5.41) is 29.6. The third-order valence-electron chi connectivity index (χ3n) is 3.44.